The number of aromatic nitrogens is 1. The number of hydrogen-bond acceptors (Lipinski definition) is 2. The number of carbonyl (C=O) groups is 1. The Morgan fingerprint density at radius 2 is 2.16 bits per heavy atom. The summed E-state index contributed by atoms with van der Waals surface area (Å²) in [4.78, 5) is 16.2. The number of nitrogens with one attached hydrogen (secondary N) is 1. The third kappa shape index (κ3) is 3.38. The van der Waals surface area contributed by atoms with Crippen LogP contribution in [0.25, 0.3) is 0 Å². The normalized spacial score (nSPS) is 11.9. The molecule has 1 atom stereocenters. The third-order valence-electron chi connectivity index (χ3n) is 2.65. The Balaban J connectivity index is 2.15. The Morgan fingerprint density at radius 1 is 1.37 bits per heavy atom. The van der Waals surface area contributed by atoms with Crippen LogP contribution in [0, 0.1) is 5.82 Å². The zero-order valence-corrected chi connectivity index (χ0v) is 11.8. The lowest BCUT2D eigenvalue weighted by molar-refractivity contribution is 0.0938. The van der Waals surface area contributed by atoms with Crippen LogP contribution in [0.5, 0.6) is 0 Å². The molecule has 0 aliphatic rings. The van der Waals surface area contributed by atoms with E-state index >= 15 is 0 Å². The van der Waals surface area contributed by atoms with Gasteiger partial charge in [-0.3, -0.25) is 9.78 Å². The van der Waals surface area contributed by atoms with Crippen molar-refractivity contribution < 1.29 is 9.18 Å². The average Bonchev–Trinajstić information content (AvgIpc) is 2.42. The molecule has 1 amide bonds. The number of nitrogens with zero attached hydrogens (tertiary/aromatic N) is 1. The van der Waals surface area contributed by atoms with Gasteiger partial charge >= 0.3 is 0 Å². The fourth-order valence-corrected chi connectivity index (χ4v) is 2.08. The molecule has 1 heterocycles. The van der Waals surface area contributed by atoms with E-state index in [1.165, 1.54) is 18.2 Å². The first-order chi connectivity index (χ1) is 9.08. The minimum atomic E-state index is -0.446. The second-order valence-electron chi connectivity index (χ2n) is 4.07. The minimum absolute atomic E-state index is 0.246. The van der Waals surface area contributed by atoms with E-state index in [0.29, 0.717) is 4.47 Å². The molecule has 1 N–H and O–H groups in total. The quantitative estimate of drug-likeness (QED) is 0.940. The van der Waals surface area contributed by atoms with E-state index in [1.54, 1.807) is 12.3 Å². The van der Waals surface area contributed by atoms with Crippen molar-refractivity contribution in [1.82, 2.24) is 10.3 Å². The highest BCUT2D eigenvalue weighted by atomic mass is 79.9. The highest BCUT2D eigenvalue weighted by Gasteiger charge is 2.15. The fourth-order valence-electron chi connectivity index (χ4n) is 1.65. The highest BCUT2D eigenvalue weighted by molar-refractivity contribution is 9.10. The van der Waals surface area contributed by atoms with Crippen molar-refractivity contribution in [3.8, 4) is 0 Å². The molecule has 19 heavy (non-hydrogen) atoms. The van der Waals surface area contributed by atoms with Gasteiger partial charge in [0.2, 0.25) is 0 Å². The Kier molecular flexibility index (Phi) is 4.27. The molecule has 5 heteroatoms. The maximum absolute atomic E-state index is 13.2. The number of pyridine rings is 1. The molecule has 0 fully saturated rings. The molecule has 1 aromatic heterocycles. The number of amides is 1. The van der Waals surface area contributed by atoms with Crippen LogP contribution in [0.2, 0.25) is 0 Å². The summed E-state index contributed by atoms with van der Waals surface area (Å²) in [5.41, 5.74) is 1.02. The molecule has 2 rings (SSSR count). The van der Waals surface area contributed by atoms with Gasteiger partial charge in [0.25, 0.3) is 5.91 Å². The van der Waals surface area contributed by atoms with Gasteiger partial charge in [-0.25, -0.2) is 4.39 Å². The summed E-state index contributed by atoms with van der Waals surface area (Å²) in [5.74, 6) is -0.789. The molecule has 0 spiro atoms. The van der Waals surface area contributed by atoms with E-state index in [-0.39, 0.29) is 17.5 Å². The molecular formula is C14H12BrFN2O. The molecule has 0 aliphatic carbocycles. The average molecular weight is 323 g/mol. The van der Waals surface area contributed by atoms with Crippen molar-refractivity contribution in [2.24, 2.45) is 0 Å². The van der Waals surface area contributed by atoms with E-state index in [4.69, 9.17) is 0 Å². The van der Waals surface area contributed by atoms with E-state index in [9.17, 15) is 9.18 Å². The standard InChI is InChI=1S/C14H12BrFN2O/c1-9(13-4-2-3-7-17-13)18-14(19)11-8-10(16)5-6-12(11)15/h2-9H,1H3,(H,18,19). The van der Waals surface area contributed by atoms with Crippen molar-refractivity contribution in [3.63, 3.8) is 0 Å². The van der Waals surface area contributed by atoms with Crippen molar-refractivity contribution >= 4 is 21.8 Å². The van der Waals surface area contributed by atoms with E-state index in [1.807, 2.05) is 19.1 Å². The molecule has 2 aromatic rings. The summed E-state index contributed by atoms with van der Waals surface area (Å²) in [6.07, 6.45) is 1.66. The van der Waals surface area contributed by atoms with Crippen LogP contribution in [-0.4, -0.2) is 10.9 Å². The first-order valence-corrected chi connectivity index (χ1v) is 6.54. The lowest BCUT2D eigenvalue weighted by Crippen LogP contribution is -2.27. The lowest BCUT2D eigenvalue weighted by atomic mass is 10.1. The monoisotopic (exact) mass is 322 g/mol. The van der Waals surface area contributed by atoms with Crippen LogP contribution in [-0.2, 0) is 0 Å². The van der Waals surface area contributed by atoms with Gasteiger partial charge in [0.15, 0.2) is 0 Å². The summed E-state index contributed by atoms with van der Waals surface area (Å²) in [6, 6.07) is 9.24. The van der Waals surface area contributed by atoms with Crippen LogP contribution in [0.3, 0.4) is 0 Å². The molecule has 0 bridgehead atoms. The maximum atomic E-state index is 13.2. The first-order valence-electron chi connectivity index (χ1n) is 5.75. The summed E-state index contributed by atoms with van der Waals surface area (Å²) in [7, 11) is 0. The van der Waals surface area contributed by atoms with E-state index in [2.05, 4.69) is 26.2 Å². The second-order valence-corrected chi connectivity index (χ2v) is 4.93. The van der Waals surface area contributed by atoms with Crippen molar-refractivity contribution in [3.05, 3.63) is 64.1 Å². The number of carbonyl (C=O) groups excluding carboxylic acids is 1. The highest BCUT2D eigenvalue weighted by Crippen LogP contribution is 2.19. The number of benzene rings is 1. The summed E-state index contributed by atoms with van der Waals surface area (Å²) in [5, 5.41) is 2.78. The van der Waals surface area contributed by atoms with Gasteiger partial charge in [-0.15, -0.1) is 0 Å². The SMILES string of the molecule is CC(NC(=O)c1cc(F)ccc1Br)c1ccccn1. The van der Waals surface area contributed by atoms with Gasteiger partial charge < -0.3 is 5.32 Å². The second kappa shape index (κ2) is 5.93. The van der Waals surface area contributed by atoms with Crippen LogP contribution in [0.4, 0.5) is 4.39 Å². The van der Waals surface area contributed by atoms with Gasteiger partial charge in [0.05, 0.1) is 17.3 Å². The Hall–Kier alpha value is -1.75. The fraction of sp³-hybridized carbons (Fsp3) is 0.143. The van der Waals surface area contributed by atoms with E-state index in [0.717, 1.165) is 5.69 Å². The molecule has 1 unspecified atom stereocenters. The largest absolute Gasteiger partial charge is 0.344 e. The lowest BCUT2D eigenvalue weighted by Gasteiger charge is -2.14. The van der Waals surface area contributed by atoms with Crippen LogP contribution in [0.1, 0.15) is 29.0 Å². The zero-order chi connectivity index (χ0) is 13.8. The molecule has 0 saturated carbocycles. The van der Waals surface area contributed by atoms with Crippen molar-refractivity contribution in [2.75, 3.05) is 0 Å². The molecule has 0 aliphatic heterocycles. The van der Waals surface area contributed by atoms with Gasteiger partial charge in [0.1, 0.15) is 5.82 Å². The zero-order valence-electron chi connectivity index (χ0n) is 10.2. The van der Waals surface area contributed by atoms with Gasteiger partial charge in [-0.2, -0.15) is 0 Å². The number of hydrogen-bond donors (Lipinski definition) is 1. The molecule has 3 nitrogen and oxygen atoms in total. The predicted octanol–water partition coefficient (Wildman–Crippen LogP) is 3.47. The van der Waals surface area contributed by atoms with Gasteiger partial charge in [-0.05, 0) is 53.2 Å². The summed E-state index contributed by atoms with van der Waals surface area (Å²) >= 11 is 3.23. The van der Waals surface area contributed by atoms with E-state index < -0.39 is 5.82 Å². The topological polar surface area (TPSA) is 42.0 Å². The van der Waals surface area contributed by atoms with Crippen LogP contribution in [0.15, 0.2) is 47.1 Å². The molecule has 0 saturated heterocycles. The maximum Gasteiger partial charge on any atom is 0.253 e. The first kappa shape index (κ1) is 13.7. The van der Waals surface area contributed by atoms with Gasteiger partial charge in [-0.1, -0.05) is 6.07 Å². The van der Waals surface area contributed by atoms with Crippen LogP contribution < -0.4 is 5.32 Å². The molecule has 1 aromatic carbocycles. The van der Waals surface area contributed by atoms with Crippen molar-refractivity contribution in [1.29, 1.82) is 0 Å². The van der Waals surface area contributed by atoms with Crippen LogP contribution >= 0.6 is 15.9 Å². The Bertz CT molecular complexity index is 589. The smallest absolute Gasteiger partial charge is 0.253 e. The number of halogens is 2. The minimum Gasteiger partial charge on any atom is -0.344 e. The summed E-state index contributed by atoms with van der Waals surface area (Å²) in [6.45, 7) is 1.83. The third-order valence-corrected chi connectivity index (χ3v) is 3.34. The van der Waals surface area contributed by atoms with Crippen molar-refractivity contribution in [2.45, 2.75) is 13.0 Å². The van der Waals surface area contributed by atoms with Gasteiger partial charge in [0, 0.05) is 10.7 Å². The molecular weight excluding hydrogens is 311 g/mol. The summed E-state index contributed by atoms with van der Waals surface area (Å²) < 4.78 is 13.7. The Morgan fingerprint density at radius 3 is 2.84 bits per heavy atom. The predicted molar refractivity (Wildman–Crippen MR) is 74.2 cm³/mol. The Labute approximate surface area is 119 Å². The molecule has 0 radical (unpaired) electrons. The molecule has 98 valence electrons. The number of rotatable bonds is 3.